The van der Waals surface area contributed by atoms with Crippen LogP contribution in [0.4, 0.5) is 11.6 Å². The standard InChI is InChI=1S/C21H21BrN4O3/c1-26-11-15(20(27)29-3)14-6-4-5-12-10-23-21(25-18(12)19(14)26)24-16-8-7-13(22)9-17(16)28-2/h7-11H,4-6H2,1-3H3,(H,23,24,25). The molecule has 0 bridgehead atoms. The van der Waals surface area contributed by atoms with E-state index in [0.29, 0.717) is 17.3 Å². The van der Waals surface area contributed by atoms with Crippen LogP contribution in [-0.2, 0) is 24.6 Å². The summed E-state index contributed by atoms with van der Waals surface area (Å²) in [7, 11) is 4.95. The third-order valence-electron chi connectivity index (χ3n) is 5.06. The first-order valence-corrected chi connectivity index (χ1v) is 10.0. The molecule has 7 nitrogen and oxygen atoms in total. The maximum Gasteiger partial charge on any atom is 0.339 e. The molecule has 0 fully saturated rings. The summed E-state index contributed by atoms with van der Waals surface area (Å²) < 4.78 is 13.3. The molecular formula is C21H21BrN4O3. The predicted octanol–water partition coefficient (Wildman–Crippen LogP) is 4.27. The molecule has 4 rings (SSSR count). The second-order valence-electron chi connectivity index (χ2n) is 6.86. The summed E-state index contributed by atoms with van der Waals surface area (Å²) in [6.45, 7) is 0. The molecule has 2 heterocycles. The largest absolute Gasteiger partial charge is 0.495 e. The van der Waals surface area contributed by atoms with Crippen molar-refractivity contribution in [1.29, 1.82) is 0 Å². The first-order valence-electron chi connectivity index (χ1n) is 9.25. The van der Waals surface area contributed by atoms with Gasteiger partial charge in [-0.05, 0) is 48.6 Å². The predicted molar refractivity (Wildman–Crippen MR) is 114 cm³/mol. The Kier molecular flexibility index (Phi) is 5.27. The fourth-order valence-electron chi connectivity index (χ4n) is 3.72. The zero-order valence-electron chi connectivity index (χ0n) is 16.5. The van der Waals surface area contributed by atoms with Crippen LogP contribution in [0.2, 0.25) is 0 Å². The fourth-order valence-corrected chi connectivity index (χ4v) is 4.06. The van der Waals surface area contributed by atoms with Crippen molar-refractivity contribution in [2.45, 2.75) is 19.3 Å². The van der Waals surface area contributed by atoms with E-state index in [2.05, 4.69) is 26.2 Å². The van der Waals surface area contributed by atoms with Gasteiger partial charge in [0.1, 0.15) is 5.75 Å². The van der Waals surface area contributed by atoms with Crippen molar-refractivity contribution >= 4 is 33.5 Å². The molecule has 0 aliphatic heterocycles. The molecule has 2 aromatic heterocycles. The molecule has 29 heavy (non-hydrogen) atoms. The van der Waals surface area contributed by atoms with Crippen LogP contribution in [0.3, 0.4) is 0 Å². The number of nitrogens with one attached hydrogen (secondary N) is 1. The normalized spacial score (nSPS) is 12.6. The average Bonchev–Trinajstić information content (AvgIpc) is 2.93. The SMILES string of the molecule is COC(=O)c1cn(C)c2c1CCCc1cnc(Nc3ccc(Br)cc3OC)nc1-2. The highest BCUT2D eigenvalue weighted by Crippen LogP contribution is 2.35. The van der Waals surface area contributed by atoms with Crippen molar-refractivity contribution in [3.05, 3.63) is 51.8 Å². The van der Waals surface area contributed by atoms with Gasteiger partial charge in [0.05, 0.1) is 36.9 Å². The summed E-state index contributed by atoms with van der Waals surface area (Å²) in [5.74, 6) is 0.834. The van der Waals surface area contributed by atoms with Crippen molar-refractivity contribution in [1.82, 2.24) is 14.5 Å². The van der Waals surface area contributed by atoms with Crippen LogP contribution in [0.25, 0.3) is 11.4 Å². The minimum atomic E-state index is -0.322. The lowest BCUT2D eigenvalue weighted by Crippen LogP contribution is -2.04. The summed E-state index contributed by atoms with van der Waals surface area (Å²) in [4.78, 5) is 21.5. The summed E-state index contributed by atoms with van der Waals surface area (Å²) in [6, 6.07) is 5.71. The molecule has 0 saturated carbocycles. The number of carbonyl (C=O) groups excluding carboxylic acids is 1. The van der Waals surface area contributed by atoms with Crippen molar-refractivity contribution in [2.75, 3.05) is 19.5 Å². The Morgan fingerprint density at radius 1 is 1.28 bits per heavy atom. The molecule has 150 valence electrons. The molecule has 1 aliphatic carbocycles. The quantitative estimate of drug-likeness (QED) is 0.590. The lowest BCUT2D eigenvalue weighted by Gasteiger charge is -2.13. The van der Waals surface area contributed by atoms with E-state index in [4.69, 9.17) is 14.5 Å². The molecule has 1 N–H and O–H groups in total. The summed E-state index contributed by atoms with van der Waals surface area (Å²) >= 11 is 3.45. The van der Waals surface area contributed by atoms with Gasteiger partial charge < -0.3 is 19.4 Å². The van der Waals surface area contributed by atoms with E-state index in [1.165, 1.54) is 7.11 Å². The maximum atomic E-state index is 12.2. The van der Waals surface area contributed by atoms with Crippen LogP contribution in [0, 0.1) is 0 Å². The smallest absolute Gasteiger partial charge is 0.339 e. The van der Waals surface area contributed by atoms with Crippen molar-refractivity contribution < 1.29 is 14.3 Å². The zero-order valence-corrected chi connectivity index (χ0v) is 18.0. The Morgan fingerprint density at radius 2 is 2.10 bits per heavy atom. The number of aromatic nitrogens is 3. The maximum absolute atomic E-state index is 12.2. The Balaban J connectivity index is 1.79. The van der Waals surface area contributed by atoms with Crippen LogP contribution >= 0.6 is 15.9 Å². The topological polar surface area (TPSA) is 78.3 Å². The number of carbonyl (C=O) groups is 1. The zero-order chi connectivity index (χ0) is 20.5. The number of aryl methyl sites for hydroxylation is 2. The molecule has 0 radical (unpaired) electrons. The van der Waals surface area contributed by atoms with Crippen LogP contribution in [0.15, 0.2) is 35.1 Å². The molecule has 0 amide bonds. The molecule has 1 aromatic carbocycles. The highest BCUT2D eigenvalue weighted by molar-refractivity contribution is 9.10. The fraction of sp³-hybridized carbons (Fsp3) is 0.286. The van der Waals surface area contributed by atoms with Gasteiger partial charge in [0.2, 0.25) is 5.95 Å². The minimum Gasteiger partial charge on any atom is -0.495 e. The summed E-state index contributed by atoms with van der Waals surface area (Å²) in [6.07, 6.45) is 6.24. The number of benzene rings is 1. The Morgan fingerprint density at radius 3 is 2.86 bits per heavy atom. The Labute approximate surface area is 177 Å². The van der Waals surface area contributed by atoms with Crippen LogP contribution in [0.5, 0.6) is 5.75 Å². The van der Waals surface area contributed by atoms with E-state index >= 15 is 0 Å². The van der Waals surface area contributed by atoms with E-state index < -0.39 is 0 Å². The number of esters is 1. The molecule has 1 aliphatic rings. The highest BCUT2D eigenvalue weighted by atomic mass is 79.9. The Hall–Kier alpha value is -2.87. The molecule has 0 spiro atoms. The molecule has 0 unspecified atom stereocenters. The van der Waals surface area contributed by atoms with Gasteiger partial charge in [-0.1, -0.05) is 15.9 Å². The van der Waals surface area contributed by atoms with Gasteiger partial charge in [0, 0.05) is 23.9 Å². The Bertz CT molecular complexity index is 1090. The van der Waals surface area contributed by atoms with E-state index in [1.54, 1.807) is 7.11 Å². The number of halogens is 1. The molecule has 8 heteroatoms. The van der Waals surface area contributed by atoms with Crippen molar-refractivity contribution in [3.8, 4) is 17.1 Å². The third-order valence-corrected chi connectivity index (χ3v) is 5.56. The molecule has 0 atom stereocenters. The number of nitrogens with zero attached hydrogens (tertiary/aromatic N) is 3. The first kappa shape index (κ1) is 19.4. The van der Waals surface area contributed by atoms with Gasteiger partial charge in [0.15, 0.2) is 0 Å². The van der Waals surface area contributed by atoms with E-state index in [9.17, 15) is 4.79 Å². The van der Waals surface area contributed by atoms with Gasteiger partial charge >= 0.3 is 5.97 Å². The van der Waals surface area contributed by atoms with Crippen LogP contribution < -0.4 is 10.1 Å². The first-order chi connectivity index (χ1) is 14.0. The third kappa shape index (κ3) is 3.60. The lowest BCUT2D eigenvalue weighted by atomic mass is 10.1. The van der Waals surface area contributed by atoms with Gasteiger partial charge in [-0.25, -0.2) is 14.8 Å². The number of rotatable bonds is 4. The molecule has 0 saturated heterocycles. The van der Waals surface area contributed by atoms with E-state index in [1.807, 2.05) is 42.2 Å². The highest BCUT2D eigenvalue weighted by Gasteiger charge is 2.26. The van der Waals surface area contributed by atoms with Gasteiger partial charge in [-0.3, -0.25) is 0 Å². The number of ether oxygens (including phenoxy) is 2. The second kappa shape index (κ2) is 7.87. The minimum absolute atomic E-state index is 0.322. The molecular weight excluding hydrogens is 436 g/mol. The summed E-state index contributed by atoms with van der Waals surface area (Å²) in [5, 5.41) is 3.24. The number of hydrogen-bond acceptors (Lipinski definition) is 6. The van der Waals surface area contributed by atoms with Crippen molar-refractivity contribution in [2.24, 2.45) is 7.05 Å². The van der Waals surface area contributed by atoms with Crippen molar-refractivity contribution in [3.63, 3.8) is 0 Å². The van der Waals surface area contributed by atoms with Gasteiger partial charge in [-0.15, -0.1) is 0 Å². The number of fused-ring (bicyclic) bond motifs is 3. The summed E-state index contributed by atoms with van der Waals surface area (Å²) in [5.41, 5.74) is 5.18. The van der Waals surface area contributed by atoms with Crippen LogP contribution in [0.1, 0.15) is 27.9 Å². The number of anilines is 2. The van der Waals surface area contributed by atoms with Gasteiger partial charge in [-0.2, -0.15) is 0 Å². The molecule has 3 aromatic rings. The van der Waals surface area contributed by atoms with E-state index in [0.717, 1.165) is 51.9 Å². The van der Waals surface area contributed by atoms with Gasteiger partial charge in [0.25, 0.3) is 0 Å². The number of hydrogen-bond donors (Lipinski definition) is 1. The number of methoxy groups -OCH3 is 2. The lowest BCUT2D eigenvalue weighted by molar-refractivity contribution is 0.0599. The van der Waals surface area contributed by atoms with Crippen LogP contribution in [-0.4, -0.2) is 34.7 Å². The van der Waals surface area contributed by atoms with E-state index in [-0.39, 0.29) is 5.97 Å². The second-order valence-corrected chi connectivity index (χ2v) is 7.78. The monoisotopic (exact) mass is 456 g/mol. The average molecular weight is 457 g/mol.